The van der Waals surface area contributed by atoms with Crippen molar-refractivity contribution in [2.75, 3.05) is 24.3 Å². The van der Waals surface area contributed by atoms with Gasteiger partial charge in [0.15, 0.2) is 4.34 Å². The topological polar surface area (TPSA) is 56.3 Å². The molecule has 1 heterocycles. The molecule has 0 unspecified atom stereocenters. The van der Waals surface area contributed by atoms with E-state index in [2.05, 4.69) is 34.6 Å². The van der Waals surface area contributed by atoms with Gasteiger partial charge in [-0.25, -0.2) is 0 Å². The Balaban J connectivity index is 1.42. The molecule has 0 bridgehead atoms. The number of ether oxygens (including phenoxy) is 2. The predicted octanol–water partition coefficient (Wildman–Crippen LogP) is 5.16. The first-order chi connectivity index (χ1) is 12.7. The normalized spacial score (nSPS) is 10.5. The van der Waals surface area contributed by atoms with Crippen LogP contribution in [0, 0.1) is 6.92 Å². The van der Waals surface area contributed by atoms with Crippen LogP contribution in [-0.4, -0.2) is 29.2 Å². The highest BCUT2D eigenvalue weighted by Gasteiger charge is 2.05. The standard InChI is InChI=1S/C19H21N3O2S2/c1-3-23-16-7-9-17(10-8-16)24-11-12-25-19-22-21-18(26-19)20-15-6-4-5-14(2)13-15/h4-10,13H,3,11-12H2,1-2H3,(H,20,21). The third kappa shape index (κ3) is 5.64. The molecule has 0 saturated carbocycles. The van der Waals surface area contributed by atoms with Gasteiger partial charge in [0, 0.05) is 11.4 Å². The zero-order valence-corrected chi connectivity index (χ0v) is 16.4. The van der Waals surface area contributed by atoms with Crippen LogP contribution in [0.3, 0.4) is 0 Å². The highest BCUT2D eigenvalue weighted by molar-refractivity contribution is 8.01. The van der Waals surface area contributed by atoms with Crippen molar-refractivity contribution in [3.63, 3.8) is 0 Å². The van der Waals surface area contributed by atoms with E-state index in [9.17, 15) is 0 Å². The summed E-state index contributed by atoms with van der Waals surface area (Å²) in [6.45, 7) is 5.31. The molecular weight excluding hydrogens is 366 g/mol. The van der Waals surface area contributed by atoms with Gasteiger partial charge in [-0.05, 0) is 55.8 Å². The van der Waals surface area contributed by atoms with Gasteiger partial charge in [-0.3, -0.25) is 0 Å². The van der Waals surface area contributed by atoms with Crippen molar-refractivity contribution in [3.05, 3.63) is 54.1 Å². The molecule has 3 aromatic rings. The van der Waals surface area contributed by atoms with Crippen LogP contribution in [0.15, 0.2) is 52.9 Å². The monoisotopic (exact) mass is 387 g/mol. The van der Waals surface area contributed by atoms with Gasteiger partial charge in [-0.1, -0.05) is 35.2 Å². The molecule has 1 aromatic heterocycles. The van der Waals surface area contributed by atoms with E-state index in [1.165, 1.54) is 5.56 Å². The Morgan fingerprint density at radius 2 is 1.81 bits per heavy atom. The highest BCUT2D eigenvalue weighted by atomic mass is 32.2. The fraction of sp³-hybridized carbons (Fsp3) is 0.263. The summed E-state index contributed by atoms with van der Waals surface area (Å²) in [5.41, 5.74) is 2.23. The first-order valence-corrected chi connectivity index (χ1v) is 10.2. The highest BCUT2D eigenvalue weighted by Crippen LogP contribution is 2.28. The number of benzene rings is 2. The van der Waals surface area contributed by atoms with Crippen molar-refractivity contribution in [2.45, 2.75) is 18.2 Å². The van der Waals surface area contributed by atoms with Gasteiger partial charge in [0.2, 0.25) is 5.13 Å². The number of rotatable bonds is 9. The third-order valence-corrected chi connectivity index (χ3v) is 5.32. The van der Waals surface area contributed by atoms with Crippen LogP contribution in [0.5, 0.6) is 11.5 Å². The molecule has 0 atom stereocenters. The molecular formula is C19H21N3O2S2. The maximum atomic E-state index is 5.74. The molecule has 26 heavy (non-hydrogen) atoms. The van der Waals surface area contributed by atoms with E-state index >= 15 is 0 Å². The summed E-state index contributed by atoms with van der Waals surface area (Å²) in [5, 5.41) is 12.5. The molecule has 2 aromatic carbocycles. The number of aryl methyl sites for hydroxylation is 1. The lowest BCUT2D eigenvalue weighted by Gasteiger charge is -2.06. The van der Waals surface area contributed by atoms with E-state index in [1.807, 2.05) is 43.3 Å². The largest absolute Gasteiger partial charge is 0.494 e. The molecule has 0 spiro atoms. The summed E-state index contributed by atoms with van der Waals surface area (Å²) >= 11 is 3.19. The molecule has 7 heteroatoms. The van der Waals surface area contributed by atoms with Gasteiger partial charge in [0.1, 0.15) is 11.5 Å². The number of nitrogens with one attached hydrogen (secondary N) is 1. The second-order valence-electron chi connectivity index (χ2n) is 5.47. The summed E-state index contributed by atoms with van der Waals surface area (Å²) in [7, 11) is 0. The number of hydrogen-bond donors (Lipinski definition) is 1. The minimum absolute atomic E-state index is 0.610. The molecule has 1 N–H and O–H groups in total. The number of thioether (sulfide) groups is 1. The minimum Gasteiger partial charge on any atom is -0.494 e. The van der Waals surface area contributed by atoms with E-state index in [-0.39, 0.29) is 0 Å². The number of aromatic nitrogens is 2. The molecule has 0 amide bonds. The van der Waals surface area contributed by atoms with Crippen molar-refractivity contribution < 1.29 is 9.47 Å². The molecule has 0 aliphatic carbocycles. The number of anilines is 2. The van der Waals surface area contributed by atoms with Gasteiger partial charge < -0.3 is 14.8 Å². The van der Waals surface area contributed by atoms with Crippen molar-refractivity contribution in [2.24, 2.45) is 0 Å². The van der Waals surface area contributed by atoms with Crippen LogP contribution in [0.1, 0.15) is 12.5 Å². The molecule has 0 fully saturated rings. The van der Waals surface area contributed by atoms with E-state index in [0.29, 0.717) is 13.2 Å². The molecule has 0 radical (unpaired) electrons. The van der Waals surface area contributed by atoms with Gasteiger partial charge in [0.05, 0.1) is 13.2 Å². The second kappa shape index (κ2) is 9.45. The second-order valence-corrected chi connectivity index (χ2v) is 7.79. The fourth-order valence-corrected chi connectivity index (χ4v) is 3.91. The molecule has 136 valence electrons. The van der Waals surface area contributed by atoms with Crippen molar-refractivity contribution in [1.29, 1.82) is 0 Å². The van der Waals surface area contributed by atoms with Crippen LogP contribution < -0.4 is 14.8 Å². The first kappa shape index (κ1) is 18.5. The van der Waals surface area contributed by atoms with Gasteiger partial charge in [0.25, 0.3) is 0 Å². The van der Waals surface area contributed by atoms with Gasteiger partial charge in [-0.15, -0.1) is 10.2 Å². The van der Waals surface area contributed by atoms with Crippen molar-refractivity contribution >= 4 is 33.9 Å². The number of nitrogens with zero attached hydrogens (tertiary/aromatic N) is 2. The van der Waals surface area contributed by atoms with Crippen molar-refractivity contribution in [1.82, 2.24) is 10.2 Å². The van der Waals surface area contributed by atoms with Crippen LogP contribution in [0.25, 0.3) is 0 Å². The maximum Gasteiger partial charge on any atom is 0.210 e. The minimum atomic E-state index is 0.610. The van der Waals surface area contributed by atoms with E-state index < -0.39 is 0 Å². The summed E-state index contributed by atoms with van der Waals surface area (Å²) < 4.78 is 12.1. The summed E-state index contributed by atoms with van der Waals surface area (Å²) in [5.74, 6) is 2.51. The van der Waals surface area contributed by atoms with Crippen molar-refractivity contribution in [3.8, 4) is 11.5 Å². The predicted molar refractivity (Wildman–Crippen MR) is 108 cm³/mol. The zero-order chi connectivity index (χ0) is 18.2. The number of hydrogen-bond acceptors (Lipinski definition) is 7. The Hall–Kier alpha value is -2.25. The lowest BCUT2D eigenvalue weighted by Crippen LogP contribution is -2.00. The van der Waals surface area contributed by atoms with Crippen LogP contribution in [-0.2, 0) is 0 Å². The fourth-order valence-electron chi connectivity index (χ4n) is 2.25. The smallest absolute Gasteiger partial charge is 0.210 e. The van der Waals surface area contributed by atoms with Crippen LogP contribution in [0.2, 0.25) is 0 Å². The SMILES string of the molecule is CCOc1ccc(OCCSc2nnc(Nc3cccc(C)c3)s2)cc1. The Bertz CT molecular complexity index is 822. The summed E-state index contributed by atoms with van der Waals surface area (Å²) in [6.07, 6.45) is 0. The van der Waals surface area contributed by atoms with E-state index in [0.717, 1.165) is 32.4 Å². The van der Waals surface area contributed by atoms with Crippen LogP contribution >= 0.6 is 23.1 Å². The lowest BCUT2D eigenvalue weighted by molar-refractivity contribution is 0.332. The average Bonchev–Trinajstić information content (AvgIpc) is 3.08. The van der Waals surface area contributed by atoms with E-state index in [1.54, 1.807) is 23.1 Å². The Kier molecular flexibility index (Phi) is 6.74. The molecule has 0 saturated heterocycles. The molecule has 5 nitrogen and oxygen atoms in total. The Labute approximate surface area is 161 Å². The average molecular weight is 388 g/mol. The first-order valence-electron chi connectivity index (χ1n) is 8.38. The zero-order valence-electron chi connectivity index (χ0n) is 14.8. The quantitative estimate of drug-likeness (QED) is 0.404. The third-order valence-electron chi connectivity index (χ3n) is 3.39. The molecule has 0 aliphatic heterocycles. The summed E-state index contributed by atoms with van der Waals surface area (Å²) in [6, 6.07) is 15.9. The Morgan fingerprint density at radius 3 is 2.54 bits per heavy atom. The lowest BCUT2D eigenvalue weighted by atomic mass is 10.2. The Morgan fingerprint density at radius 1 is 1.04 bits per heavy atom. The van der Waals surface area contributed by atoms with Crippen LogP contribution in [0.4, 0.5) is 10.8 Å². The van der Waals surface area contributed by atoms with E-state index in [4.69, 9.17) is 9.47 Å². The maximum absolute atomic E-state index is 5.74. The molecule has 3 rings (SSSR count). The summed E-state index contributed by atoms with van der Waals surface area (Å²) in [4.78, 5) is 0. The van der Waals surface area contributed by atoms with Gasteiger partial charge >= 0.3 is 0 Å². The van der Waals surface area contributed by atoms with Gasteiger partial charge in [-0.2, -0.15) is 0 Å². The molecule has 0 aliphatic rings.